The number of hydrogen-bond acceptors (Lipinski definition) is 4. The number of imidazole rings is 1. The highest BCUT2D eigenvalue weighted by Gasteiger charge is 2.12. The van der Waals surface area contributed by atoms with Crippen molar-refractivity contribution in [3.63, 3.8) is 0 Å². The van der Waals surface area contributed by atoms with Gasteiger partial charge in [0.05, 0.1) is 22.1 Å². The first kappa shape index (κ1) is 11.9. The van der Waals surface area contributed by atoms with E-state index in [1.54, 1.807) is 34.1 Å². The second-order valence-corrected chi connectivity index (χ2v) is 4.57. The summed E-state index contributed by atoms with van der Waals surface area (Å²) in [6.45, 7) is 3.58. The van der Waals surface area contributed by atoms with Gasteiger partial charge in [0, 0.05) is 0 Å². The Morgan fingerprint density at radius 3 is 2.80 bits per heavy atom. The lowest BCUT2D eigenvalue weighted by Gasteiger charge is -2.10. The molecule has 1 atom stereocenters. The molecule has 1 aromatic heterocycles. The van der Waals surface area contributed by atoms with Gasteiger partial charge in [-0.1, -0.05) is 6.58 Å². The lowest BCUT2D eigenvalue weighted by Crippen LogP contribution is -2.40. The molecule has 0 aliphatic rings. The predicted octanol–water partition coefficient (Wildman–Crippen LogP) is -1.22. The topological polar surface area (TPSA) is 86.2 Å². The summed E-state index contributed by atoms with van der Waals surface area (Å²) in [7, 11) is -4.38. The number of aromatic nitrogens is 2. The molecule has 0 radical (unpaired) electrons. The Hall–Kier alpha value is -1.18. The van der Waals surface area contributed by atoms with Crippen LogP contribution in [0.15, 0.2) is 25.3 Å². The van der Waals surface area contributed by atoms with Crippen LogP contribution in [0.3, 0.4) is 0 Å². The molecule has 1 N–H and O–H groups in total. The van der Waals surface area contributed by atoms with Crippen molar-refractivity contribution in [1.82, 2.24) is 4.57 Å². The Labute approximate surface area is 87.8 Å². The zero-order chi connectivity index (χ0) is 11.5. The molecule has 0 spiro atoms. The minimum absolute atomic E-state index is 0.0578. The van der Waals surface area contributed by atoms with Crippen molar-refractivity contribution in [2.75, 3.05) is 5.75 Å². The highest BCUT2D eigenvalue weighted by atomic mass is 32.2. The maximum Gasteiger partial charge on any atom is 0.248 e. The smallest absolute Gasteiger partial charge is 0.248 e. The van der Waals surface area contributed by atoms with Crippen molar-refractivity contribution in [3.8, 4) is 0 Å². The number of nitrogens with zero attached hydrogens (tertiary/aromatic N) is 2. The van der Waals surface area contributed by atoms with E-state index >= 15 is 0 Å². The van der Waals surface area contributed by atoms with Gasteiger partial charge in [-0.2, -0.15) is 0 Å². The van der Waals surface area contributed by atoms with Gasteiger partial charge in [-0.05, 0) is 0 Å². The van der Waals surface area contributed by atoms with Gasteiger partial charge < -0.3 is 9.66 Å². The van der Waals surface area contributed by atoms with E-state index in [0.717, 1.165) is 0 Å². The van der Waals surface area contributed by atoms with E-state index in [9.17, 15) is 18.1 Å². The van der Waals surface area contributed by atoms with E-state index in [1.165, 1.54) is 0 Å². The molecule has 0 saturated carbocycles. The van der Waals surface area contributed by atoms with Crippen LogP contribution in [0, 0.1) is 0 Å². The largest absolute Gasteiger partial charge is 0.748 e. The Balaban J connectivity index is 2.58. The second-order valence-electron chi connectivity index (χ2n) is 3.12. The summed E-state index contributed by atoms with van der Waals surface area (Å²) in [5.74, 6) is -0.779. The maximum atomic E-state index is 10.3. The molecule has 84 valence electrons. The molecule has 0 amide bonds. The lowest BCUT2D eigenvalue weighted by atomic mass is 10.4. The third-order valence-electron chi connectivity index (χ3n) is 1.74. The van der Waals surface area contributed by atoms with Crippen LogP contribution in [0.5, 0.6) is 0 Å². The summed E-state index contributed by atoms with van der Waals surface area (Å²) in [4.78, 5) is 0. The first-order valence-corrected chi connectivity index (χ1v) is 5.79. The fourth-order valence-electron chi connectivity index (χ4n) is 1.16. The molecule has 1 rings (SSSR count). The summed E-state index contributed by atoms with van der Waals surface area (Å²) in [6, 6.07) is 0. The third-order valence-corrected chi connectivity index (χ3v) is 2.53. The van der Waals surface area contributed by atoms with E-state index in [1.807, 2.05) is 0 Å². The van der Waals surface area contributed by atoms with Crippen LogP contribution >= 0.6 is 0 Å². The van der Waals surface area contributed by atoms with Crippen LogP contribution in [0.2, 0.25) is 0 Å². The average Bonchev–Trinajstić information content (AvgIpc) is 2.48. The van der Waals surface area contributed by atoms with Gasteiger partial charge in [0.15, 0.2) is 0 Å². The molecule has 0 fully saturated rings. The van der Waals surface area contributed by atoms with Crippen LogP contribution in [0.25, 0.3) is 6.20 Å². The van der Waals surface area contributed by atoms with Gasteiger partial charge in [-0.15, -0.1) is 0 Å². The third kappa shape index (κ3) is 4.24. The fourth-order valence-corrected chi connectivity index (χ4v) is 1.74. The minimum atomic E-state index is -4.38. The minimum Gasteiger partial charge on any atom is -0.748 e. The van der Waals surface area contributed by atoms with E-state index < -0.39 is 22.0 Å². The molecule has 6 nitrogen and oxygen atoms in total. The summed E-state index contributed by atoms with van der Waals surface area (Å²) < 4.78 is 34.2. The van der Waals surface area contributed by atoms with Crippen LogP contribution in [0.4, 0.5) is 0 Å². The first-order valence-electron chi connectivity index (χ1n) is 4.21. The molecule has 0 aliphatic carbocycles. The van der Waals surface area contributed by atoms with Gasteiger partial charge in [-0.3, -0.25) is 0 Å². The van der Waals surface area contributed by atoms with Crippen LogP contribution in [0.1, 0.15) is 0 Å². The summed E-state index contributed by atoms with van der Waals surface area (Å²) >= 11 is 0. The summed E-state index contributed by atoms with van der Waals surface area (Å²) in [5.41, 5.74) is 0. The number of rotatable bonds is 5. The Kier molecular flexibility index (Phi) is 3.61. The number of hydrogen-bond donors (Lipinski definition) is 1. The van der Waals surface area contributed by atoms with Crippen molar-refractivity contribution < 1.29 is 22.6 Å². The van der Waals surface area contributed by atoms with Gasteiger partial charge in [0.2, 0.25) is 6.33 Å². The fraction of sp³-hybridized carbons (Fsp3) is 0.375. The monoisotopic (exact) mass is 232 g/mol. The van der Waals surface area contributed by atoms with Gasteiger partial charge >= 0.3 is 0 Å². The van der Waals surface area contributed by atoms with Crippen LogP contribution < -0.4 is 4.57 Å². The molecular formula is C8H12N2O4S. The quantitative estimate of drug-likeness (QED) is 0.509. The van der Waals surface area contributed by atoms with E-state index in [4.69, 9.17) is 0 Å². The maximum absolute atomic E-state index is 10.3. The molecule has 1 heterocycles. The van der Waals surface area contributed by atoms with Crippen molar-refractivity contribution in [2.45, 2.75) is 12.6 Å². The zero-order valence-corrected chi connectivity index (χ0v) is 8.80. The number of aliphatic hydroxyl groups excluding tert-OH is 1. The average molecular weight is 232 g/mol. The standard InChI is InChI=1S/C8H12N2O4S/c1-2-9-3-4-10(7-9)5-8(11)6-15(12,13)14/h2-4,7-8,11H,1,5-6H2. The van der Waals surface area contributed by atoms with Crippen molar-refractivity contribution >= 4 is 16.3 Å². The van der Waals surface area contributed by atoms with E-state index in [-0.39, 0.29) is 6.54 Å². The van der Waals surface area contributed by atoms with Crippen molar-refractivity contribution in [2.24, 2.45) is 0 Å². The van der Waals surface area contributed by atoms with Gasteiger partial charge in [-0.25, -0.2) is 17.6 Å². The molecule has 1 aromatic rings. The number of aliphatic hydroxyl groups is 1. The molecule has 0 saturated heterocycles. The van der Waals surface area contributed by atoms with Crippen LogP contribution in [-0.4, -0.2) is 34.5 Å². The van der Waals surface area contributed by atoms with Crippen molar-refractivity contribution in [1.29, 1.82) is 0 Å². The van der Waals surface area contributed by atoms with E-state index in [2.05, 4.69) is 6.58 Å². The summed E-state index contributed by atoms with van der Waals surface area (Å²) in [5, 5.41) is 9.29. The van der Waals surface area contributed by atoms with E-state index in [0.29, 0.717) is 0 Å². The lowest BCUT2D eigenvalue weighted by molar-refractivity contribution is -0.702. The van der Waals surface area contributed by atoms with Crippen LogP contribution in [-0.2, 0) is 16.7 Å². The highest BCUT2D eigenvalue weighted by molar-refractivity contribution is 7.85. The molecule has 0 aromatic carbocycles. The molecule has 15 heavy (non-hydrogen) atoms. The Bertz CT molecular complexity index is 437. The molecule has 0 bridgehead atoms. The molecule has 7 heteroatoms. The second kappa shape index (κ2) is 4.56. The Morgan fingerprint density at radius 2 is 2.33 bits per heavy atom. The van der Waals surface area contributed by atoms with Crippen molar-refractivity contribution in [3.05, 3.63) is 25.3 Å². The first-order chi connectivity index (χ1) is 6.90. The molecular weight excluding hydrogens is 220 g/mol. The van der Waals surface area contributed by atoms with Gasteiger partial charge in [0.1, 0.15) is 25.0 Å². The normalized spacial score (nSPS) is 13.7. The Morgan fingerprint density at radius 1 is 1.67 bits per heavy atom. The highest BCUT2D eigenvalue weighted by Crippen LogP contribution is 1.91. The SMILES string of the molecule is C=Cn1cc[n+](CC(O)CS(=O)(=O)[O-])c1. The van der Waals surface area contributed by atoms with Gasteiger partial charge in [0.25, 0.3) is 0 Å². The molecule has 1 unspecified atom stereocenters. The predicted molar refractivity (Wildman–Crippen MR) is 51.6 cm³/mol. The molecule has 0 aliphatic heterocycles. The summed E-state index contributed by atoms with van der Waals surface area (Å²) in [6.07, 6.45) is 5.30. The zero-order valence-electron chi connectivity index (χ0n) is 7.98.